The van der Waals surface area contributed by atoms with E-state index in [1.54, 1.807) is 12.1 Å². The minimum Gasteiger partial charge on any atom is -0.493 e. The molecule has 0 radical (unpaired) electrons. The van der Waals surface area contributed by atoms with Gasteiger partial charge >= 0.3 is 6.61 Å². The second kappa shape index (κ2) is 9.56. The molecule has 0 saturated heterocycles. The summed E-state index contributed by atoms with van der Waals surface area (Å²) in [5.74, 6) is 0.00886. The third-order valence-corrected chi connectivity index (χ3v) is 3.73. The van der Waals surface area contributed by atoms with E-state index in [-0.39, 0.29) is 17.4 Å². The van der Waals surface area contributed by atoms with E-state index in [2.05, 4.69) is 10.1 Å². The molecule has 2 rings (SSSR count). The van der Waals surface area contributed by atoms with Gasteiger partial charge in [-0.1, -0.05) is 36.4 Å². The highest BCUT2D eigenvalue weighted by atomic mass is 19.3. The number of halogens is 2. The molecule has 0 aliphatic rings. The lowest BCUT2D eigenvalue weighted by Crippen LogP contribution is -2.23. The minimum atomic E-state index is -2.93. The molecule has 0 fully saturated rings. The normalized spacial score (nSPS) is 11.3. The maximum atomic E-state index is 12.4. The number of rotatable bonds is 8. The van der Waals surface area contributed by atoms with Gasteiger partial charge in [-0.2, -0.15) is 8.78 Å². The van der Waals surface area contributed by atoms with Gasteiger partial charge in [0.05, 0.1) is 7.11 Å². The molecule has 0 unspecified atom stereocenters. The van der Waals surface area contributed by atoms with Crippen LogP contribution < -0.4 is 14.8 Å². The molecule has 2 aromatic rings. The Morgan fingerprint density at radius 2 is 1.88 bits per heavy atom. The van der Waals surface area contributed by atoms with E-state index >= 15 is 0 Å². The summed E-state index contributed by atoms with van der Waals surface area (Å²) >= 11 is 0. The molecule has 1 N–H and O–H groups in total. The van der Waals surface area contributed by atoms with E-state index in [1.807, 2.05) is 37.3 Å². The highest BCUT2D eigenvalue weighted by Crippen LogP contribution is 2.29. The lowest BCUT2D eigenvalue weighted by Gasteiger charge is -2.11. The molecule has 0 aromatic heterocycles. The SMILES string of the molecule is COc1ccc(CCNC(=O)/C=C(\C)c2ccccc2)cc1OC(F)F. The molecule has 26 heavy (non-hydrogen) atoms. The Morgan fingerprint density at radius 3 is 2.54 bits per heavy atom. The first-order valence-corrected chi connectivity index (χ1v) is 8.13. The molecule has 0 bridgehead atoms. The summed E-state index contributed by atoms with van der Waals surface area (Å²) in [5, 5.41) is 2.79. The monoisotopic (exact) mass is 361 g/mol. The van der Waals surface area contributed by atoms with Crippen LogP contribution in [0.1, 0.15) is 18.1 Å². The molecule has 138 valence electrons. The van der Waals surface area contributed by atoms with Crippen molar-refractivity contribution in [2.45, 2.75) is 20.0 Å². The summed E-state index contributed by atoms with van der Waals surface area (Å²) in [4.78, 5) is 12.0. The number of methoxy groups -OCH3 is 1. The van der Waals surface area contributed by atoms with Crippen LogP contribution in [-0.2, 0) is 11.2 Å². The maximum absolute atomic E-state index is 12.4. The summed E-state index contributed by atoms with van der Waals surface area (Å²) in [5.41, 5.74) is 2.59. The number of hydrogen-bond donors (Lipinski definition) is 1. The fourth-order valence-electron chi connectivity index (χ4n) is 2.43. The Labute approximate surface area is 151 Å². The second-order valence-electron chi connectivity index (χ2n) is 5.60. The molecule has 0 aliphatic heterocycles. The number of carbonyl (C=O) groups excluding carboxylic acids is 1. The summed E-state index contributed by atoms with van der Waals surface area (Å²) < 4.78 is 34.3. The van der Waals surface area contributed by atoms with Crippen LogP contribution in [0.5, 0.6) is 11.5 Å². The lowest BCUT2D eigenvalue weighted by atomic mass is 10.1. The number of carbonyl (C=O) groups is 1. The van der Waals surface area contributed by atoms with Gasteiger partial charge in [-0.3, -0.25) is 4.79 Å². The zero-order valence-corrected chi connectivity index (χ0v) is 14.7. The third-order valence-electron chi connectivity index (χ3n) is 3.73. The second-order valence-corrected chi connectivity index (χ2v) is 5.60. The van der Waals surface area contributed by atoms with Crippen LogP contribution in [0.15, 0.2) is 54.6 Å². The molecule has 0 atom stereocenters. The van der Waals surface area contributed by atoms with E-state index in [0.29, 0.717) is 13.0 Å². The van der Waals surface area contributed by atoms with Gasteiger partial charge < -0.3 is 14.8 Å². The molecule has 0 aliphatic carbocycles. The predicted octanol–water partition coefficient (Wildman–Crippen LogP) is 4.06. The third kappa shape index (κ3) is 5.88. The summed E-state index contributed by atoms with van der Waals surface area (Å²) in [6.07, 6.45) is 2.02. The Morgan fingerprint density at radius 1 is 1.15 bits per heavy atom. The highest BCUT2D eigenvalue weighted by Gasteiger charge is 2.11. The van der Waals surface area contributed by atoms with Crippen LogP contribution in [-0.4, -0.2) is 26.2 Å². The van der Waals surface area contributed by atoms with Crippen molar-refractivity contribution < 1.29 is 23.0 Å². The van der Waals surface area contributed by atoms with Crippen LogP contribution in [0.3, 0.4) is 0 Å². The quantitative estimate of drug-likeness (QED) is 0.722. The van der Waals surface area contributed by atoms with E-state index in [4.69, 9.17) is 4.74 Å². The van der Waals surface area contributed by atoms with Crippen molar-refractivity contribution in [3.8, 4) is 11.5 Å². The van der Waals surface area contributed by atoms with Crippen molar-refractivity contribution in [1.82, 2.24) is 5.32 Å². The molecular formula is C20H21F2NO3. The predicted molar refractivity (Wildman–Crippen MR) is 96.4 cm³/mol. The van der Waals surface area contributed by atoms with Gasteiger partial charge in [-0.05, 0) is 42.2 Å². The number of ether oxygens (including phenoxy) is 2. The van der Waals surface area contributed by atoms with Gasteiger partial charge in [-0.25, -0.2) is 0 Å². The summed E-state index contributed by atoms with van der Waals surface area (Å²) in [7, 11) is 1.38. The van der Waals surface area contributed by atoms with E-state index in [1.165, 1.54) is 19.3 Å². The van der Waals surface area contributed by atoms with Crippen molar-refractivity contribution in [2.75, 3.05) is 13.7 Å². The van der Waals surface area contributed by atoms with Crippen molar-refractivity contribution in [2.24, 2.45) is 0 Å². The summed E-state index contributed by atoms with van der Waals surface area (Å²) in [6.45, 7) is -0.686. The Bertz CT molecular complexity index is 761. The van der Waals surface area contributed by atoms with E-state index in [9.17, 15) is 13.6 Å². The van der Waals surface area contributed by atoms with Gasteiger partial charge in [0, 0.05) is 12.6 Å². The molecule has 1 amide bonds. The van der Waals surface area contributed by atoms with Crippen molar-refractivity contribution in [3.63, 3.8) is 0 Å². The highest BCUT2D eigenvalue weighted by molar-refractivity contribution is 5.94. The van der Waals surface area contributed by atoms with Crippen LogP contribution in [0, 0.1) is 0 Å². The summed E-state index contributed by atoms with van der Waals surface area (Å²) in [6, 6.07) is 14.4. The molecule has 4 nitrogen and oxygen atoms in total. The molecular weight excluding hydrogens is 340 g/mol. The number of benzene rings is 2. The molecule has 0 saturated carbocycles. The molecule has 0 heterocycles. The first-order valence-electron chi connectivity index (χ1n) is 8.13. The van der Waals surface area contributed by atoms with Crippen molar-refractivity contribution in [1.29, 1.82) is 0 Å². The van der Waals surface area contributed by atoms with Crippen LogP contribution >= 0.6 is 0 Å². The van der Waals surface area contributed by atoms with Gasteiger partial charge in [0.15, 0.2) is 11.5 Å². The fourth-order valence-corrected chi connectivity index (χ4v) is 2.43. The number of allylic oxidation sites excluding steroid dienone is 1. The smallest absolute Gasteiger partial charge is 0.387 e. The number of nitrogens with one attached hydrogen (secondary N) is 1. The lowest BCUT2D eigenvalue weighted by molar-refractivity contribution is -0.116. The van der Waals surface area contributed by atoms with Crippen molar-refractivity contribution in [3.05, 3.63) is 65.7 Å². The number of hydrogen-bond acceptors (Lipinski definition) is 3. The topological polar surface area (TPSA) is 47.6 Å². The number of alkyl halides is 2. The zero-order valence-electron chi connectivity index (χ0n) is 14.7. The Kier molecular flexibility index (Phi) is 7.14. The standard InChI is InChI=1S/C20H21F2NO3/c1-14(16-6-4-3-5-7-16)12-19(24)23-11-10-15-8-9-17(25-2)18(13-15)26-20(21)22/h3-9,12-13,20H,10-11H2,1-2H3,(H,23,24)/b14-12+. The van der Waals surface area contributed by atoms with Gasteiger partial charge in [0.25, 0.3) is 0 Å². The largest absolute Gasteiger partial charge is 0.493 e. The molecule has 0 spiro atoms. The first kappa shape index (κ1) is 19.4. The Hall–Kier alpha value is -2.89. The average molecular weight is 361 g/mol. The maximum Gasteiger partial charge on any atom is 0.387 e. The van der Waals surface area contributed by atoms with E-state index < -0.39 is 6.61 Å². The van der Waals surface area contributed by atoms with Crippen LogP contribution in [0.25, 0.3) is 5.57 Å². The van der Waals surface area contributed by atoms with Gasteiger partial charge in [-0.15, -0.1) is 0 Å². The fraction of sp³-hybridized carbons (Fsp3) is 0.250. The van der Waals surface area contributed by atoms with Crippen LogP contribution in [0.4, 0.5) is 8.78 Å². The first-order chi connectivity index (χ1) is 12.5. The Balaban J connectivity index is 1.92. The number of amides is 1. The molecule has 2 aromatic carbocycles. The van der Waals surface area contributed by atoms with Gasteiger partial charge in [0.1, 0.15) is 0 Å². The van der Waals surface area contributed by atoms with Gasteiger partial charge in [0.2, 0.25) is 5.91 Å². The van der Waals surface area contributed by atoms with Crippen molar-refractivity contribution >= 4 is 11.5 Å². The van der Waals surface area contributed by atoms with Crippen LogP contribution in [0.2, 0.25) is 0 Å². The molecule has 6 heteroatoms. The van der Waals surface area contributed by atoms with E-state index in [0.717, 1.165) is 16.7 Å². The average Bonchev–Trinajstić information content (AvgIpc) is 2.62. The minimum absolute atomic E-state index is 0.0221. The zero-order chi connectivity index (χ0) is 18.9.